The zero-order valence-electron chi connectivity index (χ0n) is 13.8. The van der Waals surface area contributed by atoms with E-state index in [1.807, 2.05) is 20.8 Å². The number of fused-ring (bicyclic) bond motifs is 1. The number of carbonyl (C=O) groups is 1. The highest BCUT2D eigenvalue weighted by Gasteiger charge is 2.37. The van der Waals surface area contributed by atoms with Gasteiger partial charge in [0.05, 0.1) is 6.04 Å². The number of hydrogen-bond donors (Lipinski definition) is 0. The summed E-state index contributed by atoms with van der Waals surface area (Å²) in [6.45, 7) is 7.21. The summed E-state index contributed by atoms with van der Waals surface area (Å²) in [5, 5.41) is 2.10. The van der Waals surface area contributed by atoms with Crippen LogP contribution >= 0.6 is 11.3 Å². The van der Waals surface area contributed by atoms with Crippen LogP contribution in [0.3, 0.4) is 0 Å². The molecule has 0 bridgehead atoms. The van der Waals surface area contributed by atoms with Crippen molar-refractivity contribution in [3.8, 4) is 0 Å². The fourth-order valence-corrected chi connectivity index (χ4v) is 3.99. The maximum Gasteiger partial charge on any atom is 0.159 e. The third-order valence-corrected chi connectivity index (χ3v) is 5.41. The molecule has 0 saturated carbocycles. The van der Waals surface area contributed by atoms with E-state index in [9.17, 15) is 9.18 Å². The first-order valence-electron chi connectivity index (χ1n) is 7.96. The Labute approximate surface area is 140 Å². The van der Waals surface area contributed by atoms with E-state index < -0.39 is 11.5 Å². The number of rotatable bonds is 3. The maximum absolute atomic E-state index is 14.4. The van der Waals surface area contributed by atoms with Crippen LogP contribution in [-0.4, -0.2) is 17.2 Å². The van der Waals surface area contributed by atoms with Gasteiger partial charge in [0.25, 0.3) is 0 Å². The van der Waals surface area contributed by atoms with Gasteiger partial charge in [-0.2, -0.15) is 0 Å². The third-order valence-electron chi connectivity index (χ3n) is 4.39. The molecular formula is C19H22FNOS. The van der Waals surface area contributed by atoms with Crippen LogP contribution in [0, 0.1) is 11.2 Å². The standard InChI is InChI=1S/C19H22FNOS/c1-19(2,3)18(22)17(14-6-4-5-7-15(14)20)21-10-8-16-13(12-21)9-11-23-16/h4-7,9,11,17H,8,10,12H2,1-3H3. The Balaban J connectivity index is 2.00. The molecule has 1 aliphatic heterocycles. The fourth-order valence-electron chi connectivity index (χ4n) is 3.10. The van der Waals surface area contributed by atoms with Gasteiger partial charge in [0, 0.05) is 28.9 Å². The highest BCUT2D eigenvalue weighted by atomic mass is 32.1. The predicted molar refractivity (Wildman–Crippen MR) is 92.0 cm³/mol. The van der Waals surface area contributed by atoms with Crippen LogP contribution in [0.4, 0.5) is 4.39 Å². The molecule has 1 aliphatic rings. The van der Waals surface area contributed by atoms with Gasteiger partial charge < -0.3 is 0 Å². The minimum absolute atomic E-state index is 0.0706. The van der Waals surface area contributed by atoms with Gasteiger partial charge in [-0.05, 0) is 29.5 Å². The molecule has 122 valence electrons. The molecule has 2 aromatic rings. The first-order valence-corrected chi connectivity index (χ1v) is 8.84. The zero-order chi connectivity index (χ0) is 16.6. The largest absolute Gasteiger partial charge is 0.297 e. The Kier molecular flexibility index (Phi) is 4.39. The monoisotopic (exact) mass is 331 g/mol. The van der Waals surface area contributed by atoms with Gasteiger partial charge in [-0.25, -0.2) is 4.39 Å². The second-order valence-electron chi connectivity index (χ2n) is 7.13. The second kappa shape index (κ2) is 6.17. The van der Waals surface area contributed by atoms with Crippen molar-refractivity contribution in [3.05, 3.63) is 57.5 Å². The van der Waals surface area contributed by atoms with Crippen molar-refractivity contribution in [2.45, 2.75) is 39.8 Å². The maximum atomic E-state index is 14.4. The molecule has 0 fully saturated rings. The van der Waals surface area contributed by atoms with Crippen LogP contribution in [0.5, 0.6) is 0 Å². The van der Waals surface area contributed by atoms with Crippen molar-refractivity contribution in [2.24, 2.45) is 5.41 Å². The average molecular weight is 331 g/mol. The summed E-state index contributed by atoms with van der Waals surface area (Å²) in [4.78, 5) is 16.6. The van der Waals surface area contributed by atoms with E-state index in [4.69, 9.17) is 0 Å². The lowest BCUT2D eigenvalue weighted by Crippen LogP contribution is -2.42. The Bertz CT molecular complexity index is 716. The first kappa shape index (κ1) is 16.3. The van der Waals surface area contributed by atoms with Gasteiger partial charge in [0.1, 0.15) is 5.82 Å². The number of thiophene rings is 1. The Morgan fingerprint density at radius 2 is 2.00 bits per heavy atom. The lowest BCUT2D eigenvalue weighted by Gasteiger charge is -2.37. The molecular weight excluding hydrogens is 309 g/mol. The number of hydrogen-bond acceptors (Lipinski definition) is 3. The molecule has 0 N–H and O–H groups in total. The van der Waals surface area contributed by atoms with Crippen molar-refractivity contribution in [3.63, 3.8) is 0 Å². The smallest absolute Gasteiger partial charge is 0.159 e. The van der Waals surface area contributed by atoms with E-state index in [0.29, 0.717) is 12.1 Å². The fraction of sp³-hybridized carbons (Fsp3) is 0.421. The predicted octanol–water partition coefficient (Wildman–Crippen LogP) is 4.60. The number of carbonyl (C=O) groups excluding carboxylic acids is 1. The normalized spacial score (nSPS) is 16.9. The lowest BCUT2D eigenvalue weighted by atomic mass is 9.82. The lowest BCUT2D eigenvalue weighted by molar-refractivity contribution is -0.132. The Morgan fingerprint density at radius 3 is 2.70 bits per heavy atom. The number of halogens is 1. The summed E-state index contributed by atoms with van der Waals surface area (Å²) in [7, 11) is 0. The molecule has 23 heavy (non-hydrogen) atoms. The number of ketones is 1. The molecule has 2 nitrogen and oxygen atoms in total. The van der Waals surface area contributed by atoms with Crippen LogP contribution in [0.2, 0.25) is 0 Å². The highest BCUT2D eigenvalue weighted by Crippen LogP contribution is 2.35. The van der Waals surface area contributed by atoms with E-state index >= 15 is 0 Å². The van der Waals surface area contributed by atoms with Crippen molar-refractivity contribution in [2.75, 3.05) is 6.54 Å². The van der Waals surface area contributed by atoms with Crippen LogP contribution in [-0.2, 0) is 17.8 Å². The van der Waals surface area contributed by atoms with Gasteiger partial charge in [0.2, 0.25) is 0 Å². The van der Waals surface area contributed by atoms with Crippen molar-refractivity contribution in [1.82, 2.24) is 4.90 Å². The number of nitrogens with zero attached hydrogens (tertiary/aromatic N) is 1. The molecule has 1 aromatic carbocycles. The molecule has 0 aliphatic carbocycles. The van der Waals surface area contributed by atoms with E-state index in [1.54, 1.807) is 29.5 Å². The molecule has 2 heterocycles. The Hall–Kier alpha value is -1.52. The summed E-state index contributed by atoms with van der Waals surface area (Å²) in [6, 6.07) is 8.26. The van der Waals surface area contributed by atoms with Gasteiger partial charge in [-0.3, -0.25) is 9.69 Å². The zero-order valence-corrected chi connectivity index (χ0v) is 14.6. The second-order valence-corrected chi connectivity index (χ2v) is 8.13. The molecule has 0 spiro atoms. The topological polar surface area (TPSA) is 20.3 Å². The quantitative estimate of drug-likeness (QED) is 0.819. The number of Topliss-reactive ketones (excluding diaryl/α,β-unsaturated/α-hetero) is 1. The Morgan fingerprint density at radius 1 is 1.26 bits per heavy atom. The van der Waals surface area contributed by atoms with Gasteiger partial charge in [-0.15, -0.1) is 11.3 Å². The van der Waals surface area contributed by atoms with Crippen molar-refractivity contribution in [1.29, 1.82) is 0 Å². The molecule has 0 amide bonds. The van der Waals surface area contributed by atoms with E-state index in [-0.39, 0.29) is 11.6 Å². The molecule has 1 aromatic heterocycles. The highest BCUT2D eigenvalue weighted by molar-refractivity contribution is 7.10. The van der Waals surface area contributed by atoms with Crippen LogP contribution in [0.25, 0.3) is 0 Å². The molecule has 1 atom stereocenters. The van der Waals surface area contributed by atoms with E-state index in [0.717, 1.165) is 13.0 Å². The molecule has 4 heteroatoms. The van der Waals surface area contributed by atoms with Gasteiger partial charge >= 0.3 is 0 Å². The van der Waals surface area contributed by atoms with E-state index in [2.05, 4.69) is 16.3 Å². The van der Waals surface area contributed by atoms with Gasteiger partial charge in [0.15, 0.2) is 5.78 Å². The van der Waals surface area contributed by atoms with E-state index in [1.165, 1.54) is 16.5 Å². The minimum Gasteiger partial charge on any atom is -0.297 e. The van der Waals surface area contributed by atoms with Crippen molar-refractivity contribution >= 4 is 17.1 Å². The van der Waals surface area contributed by atoms with Gasteiger partial charge in [-0.1, -0.05) is 39.0 Å². The SMILES string of the molecule is CC(C)(C)C(=O)C(c1ccccc1F)N1CCc2sccc2C1. The first-order chi connectivity index (χ1) is 10.9. The summed E-state index contributed by atoms with van der Waals surface area (Å²) in [5.74, 6) is -0.229. The summed E-state index contributed by atoms with van der Waals surface area (Å²) in [6.07, 6.45) is 0.926. The van der Waals surface area contributed by atoms with Crippen LogP contribution < -0.4 is 0 Å². The summed E-state index contributed by atoms with van der Waals surface area (Å²) < 4.78 is 14.4. The summed E-state index contributed by atoms with van der Waals surface area (Å²) >= 11 is 1.77. The van der Waals surface area contributed by atoms with Crippen LogP contribution in [0.15, 0.2) is 35.7 Å². The molecule has 0 radical (unpaired) electrons. The number of benzene rings is 1. The molecule has 1 unspecified atom stereocenters. The molecule has 0 saturated heterocycles. The van der Waals surface area contributed by atoms with Crippen molar-refractivity contribution < 1.29 is 9.18 Å². The van der Waals surface area contributed by atoms with Crippen LogP contribution in [0.1, 0.15) is 42.8 Å². The average Bonchev–Trinajstić information content (AvgIpc) is 2.96. The molecule has 3 rings (SSSR count). The minimum atomic E-state index is -0.524. The third kappa shape index (κ3) is 3.24. The summed E-state index contributed by atoms with van der Waals surface area (Å²) in [5.41, 5.74) is 1.25.